The minimum Gasteiger partial charge on any atom is -0.392 e. The highest BCUT2D eigenvalue weighted by Gasteiger charge is 2.28. The molecular weight excluding hydrogens is 332 g/mol. The number of hydrogen-bond acceptors (Lipinski definition) is 5. The molecule has 3 rings (SSSR count). The van der Waals surface area contributed by atoms with Gasteiger partial charge in [-0.3, -0.25) is 9.59 Å². The molecule has 2 aliphatic rings. The molecule has 3 unspecified atom stereocenters. The van der Waals surface area contributed by atoms with Gasteiger partial charge in [-0.05, 0) is 57.1 Å². The van der Waals surface area contributed by atoms with Gasteiger partial charge in [0.15, 0.2) is 0 Å². The smallest absolute Gasteiger partial charge is 0.253 e. The molecule has 0 radical (unpaired) electrons. The third-order valence-corrected chi connectivity index (χ3v) is 5.29. The fraction of sp³-hybridized carbons (Fsp3) is 0.579. The molecule has 1 aromatic carbocycles. The number of amides is 2. The van der Waals surface area contributed by atoms with E-state index >= 15 is 0 Å². The van der Waals surface area contributed by atoms with E-state index in [4.69, 9.17) is 0 Å². The summed E-state index contributed by atoms with van der Waals surface area (Å²) in [4.78, 5) is 29.0. The van der Waals surface area contributed by atoms with Crippen LogP contribution in [0.2, 0.25) is 0 Å². The molecule has 2 aliphatic heterocycles. The molecule has 2 heterocycles. The van der Waals surface area contributed by atoms with Gasteiger partial charge in [-0.2, -0.15) is 0 Å². The van der Waals surface area contributed by atoms with Crippen LogP contribution in [0.5, 0.6) is 0 Å². The van der Waals surface area contributed by atoms with Crippen LogP contribution in [0.15, 0.2) is 24.3 Å². The van der Waals surface area contributed by atoms with Gasteiger partial charge >= 0.3 is 0 Å². The first-order valence-electron chi connectivity index (χ1n) is 9.22. The molecule has 2 fully saturated rings. The Morgan fingerprint density at radius 3 is 2.65 bits per heavy atom. The molecule has 0 bridgehead atoms. The Morgan fingerprint density at radius 1 is 1.31 bits per heavy atom. The normalized spacial score (nSPS) is 26.5. The first kappa shape index (κ1) is 18.8. The Labute approximate surface area is 154 Å². The lowest BCUT2D eigenvalue weighted by Gasteiger charge is -2.35. The molecule has 0 spiro atoms. The van der Waals surface area contributed by atoms with Gasteiger partial charge < -0.3 is 25.5 Å². The van der Waals surface area contributed by atoms with Crippen LogP contribution in [0.4, 0.5) is 5.69 Å². The van der Waals surface area contributed by atoms with E-state index in [0.717, 1.165) is 25.9 Å². The van der Waals surface area contributed by atoms with Crippen LogP contribution in [0.25, 0.3) is 0 Å². The molecule has 2 amide bonds. The summed E-state index contributed by atoms with van der Waals surface area (Å²) in [6.45, 7) is 2.42. The Kier molecular flexibility index (Phi) is 5.90. The van der Waals surface area contributed by atoms with E-state index in [-0.39, 0.29) is 23.9 Å². The van der Waals surface area contributed by atoms with Crippen LogP contribution >= 0.6 is 0 Å². The second-order valence-electron chi connectivity index (χ2n) is 7.39. The molecule has 0 saturated carbocycles. The van der Waals surface area contributed by atoms with E-state index in [1.165, 1.54) is 0 Å². The number of rotatable bonds is 4. The van der Waals surface area contributed by atoms with Gasteiger partial charge in [-0.1, -0.05) is 0 Å². The van der Waals surface area contributed by atoms with Crippen molar-refractivity contribution in [1.82, 2.24) is 15.1 Å². The molecule has 7 heteroatoms. The van der Waals surface area contributed by atoms with Gasteiger partial charge in [0.2, 0.25) is 5.91 Å². The van der Waals surface area contributed by atoms with Crippen LogP contribution in [0.1, 0.15) is 29.6 Å². The third kappa shape index (κ3) is 4.41. The van der Waals surface area contributed by atoms with E-state index in [1.54, 1.807) is 24.3 Å². The number of carbonyl (C=O) groups is 2. The van der Waals surface area contributed by atoms with Gasteiger partial charge in [0.25, 0.3) is 5.91 Å². The van der Waals surface area contributed by atoms with Crippen LogP contribution < -0.4 is 10.6 Å². The summed E-state index contributed by atoms with van der Waals surface area (Å²) >= 11 is 0. The lowest BCUT2D eigenvalue weighted by Crippen LogP contribution is -2.47. The van der Waals surface area contributed by atoms with E-state index < -0.39 is 6.10 Å². The number of likely N-dealkylation sites (N-methyl/N-ethyl adjacent to an activating group) is 2. The molecular formula is C19H28N4O3. The topological polar surface area (TPSA) is 84.9 Å². The summed E-state index contributed by atoms with van der Waals surface area (Å²) in [6, 6.07) is 6.85. The van der Waals surface area contributed by atoms with Crippen LogP contribution in [-0.4, -0.2) is 78.6 Å². The molecule has 142 valence electrons. The Bertz CT molecular complexity index is 649. The first-order valence-corrected chi connectivity index (χ1v) is 9.22. The fourth-order valence-corrected chi connectivity index (χ4v) is 3.67. The van der Waals surface area contributed by atoms with Crippen molar-refractivity contribution < 1.29 is 14.7 Å². The zero-order valence-electron chi connectivity index (χ0n) is 15.4. The number of β-amino-alcohol motifs (C(OH)–C–C–N with tert-alkyl or cyclic N) is 1. The molecule has 0 aromatic heterocycles. The number of likely N-dealkylation sites (tertiary alicyclic amines) is 1. The number of carbonyl (C=O) groups excluding carboxylic acids is 2. The zero-order valence-corrected chi connectivity index (χ0v) is 15.4. The van der Waals surface area contributed by atoms with E-state index in [0.29, 0.717) is 24.2 Å². The van der Waals surface area contributed by atoms with Gasteiger partial charge in [0, 0.05) is 37.4 Å². The summed E-state index contributed by atoms with van der Waals surface area (Å²) in [5.74, 6) is -0.160. The highest BCUT2D eigenvalue weighted by atomic mass is 16.3. The van der Waals surface area contributed by atoms with Gasteiger partial charge in [0.05, 0.1) is 12.1 Å². The highest BCUT2D eigenvalue weighted by molar-refractivity contribution is 5.97. The fourth-order valence-electron chi connectivity index (χ4n) is 3.67. The molecule has 26 heavy (non-hydrogen) atoms. The lowest BCUT2D eigenvalue weighted by molar-refractivity contribution is -0.117. The van der Waals surface area contributed by atoms with Crippen molar-refractivity contribution in [2.45, 2.75) is 37.5 Å². The molecule has 7 nitrogen and oxygen atoms in total. The number of aliphatic hydroxyl groups excluding tert-OH is 1. The van der Waals surface area contributed by atoms with E-state index in [2.05, 4.69) is 22.6 Å². The highest BCUT2D eigenvalue weighted by Crippen LogP contribution is 2.18. The lowest BCUT2D eigenvalue weighted by atomic mass is 10.0. The largest absolute Gasteiger partial charge is 0.392 e. The second-order valence-corrected chi connectivity index (χ2v) is 7.39. The quantitative estimate of drug-likeness (QED) is 0.729. The minimum atomic E-state index is -0.472. The van der Waals surface area contributed by atoms with Crippen molar-refractivity contribution in [3.05, 3.63) is 29.8 Å². The maximum atomic E-state index is 12.7. The third-order valence-electron chi connectivity index (χ3n) is 5.29. The van der Waals surface area contributed by atoms with Gasteiger partial charge in [0.1, 0.15) is 0 Å². The Hall–Kier alpha value is -1.96. The van der Waals surface area contributed by atoms with E-state index in [1.807, 2.05) is 11.9 Å². The van der Waals surface area contributed by atoms with Crippen molar-refractivity contribution in [3.63, 3.8) is 0 Å². The van der Waals surface area contributed by atoms with Crippen molar-refractivity contribution in [2.24, 2.45) is 0 Å². The number of anilines is 1. The van der Waals surface area contributed by atoms with Crippen LogP contribution in [0, 0.1) is 0 Å². The molecule has 3 N–H and O–H groups in total. The second kappa shape index (κ2) is 8.16. The first-order chi connectivity index (χ1) is 12.4. The zero-order chi connectivity index (χ0) is 18.7. The van der Waals surface area contributed by atoms with Crippen LogP contribution in [-0.2, 0) is 4.79 Å². The summed E-state index contributed by atoms with van der Waals surface area (Å²) in [5.41, 5.74) is 1.27. The molecule has 0 aliphatic carbocycles. The summed E-state index contributed by atoms with van der Waals surface area (Å²) in [5, 5.41) is 15.3. The SMILES string of the molecule is CN1CCCC(N(C)C(=O)c2ccc(NC(=O)C3CC(O)CN3)cc2)C1. The number of nitrogens with one attached hydrogen (secondary N) is 2. The molecule has 1 aromatic rings. The predicted molar refractivity (Wildman–Crippen MR) is 100 cm³/mol. The summed E-state index contributed by atoms with van der Waals surface area (Å²) < 4.78 is 0. The van der Waals surface area contributed by atoms with Gasteiger partial charge in [-0.15, -0.1) is 0 Å². The molecule has 2 saturated heterocycles. The van der Waals surface area contributed by atoms with Crippen molar-refractivity contribution in [2.75, 3.05) is 39.0 Å². The summed E-state index contributed by atoms with van der Waals surface area (Å²) in [7, 11) is 3.94. The average Bonchev–Trinajstić information content (AvgIpc) is 3.08. The maximum Gasteiger partial charge on any atom is 0.253 e. The number of benzene rings is 1. The summed E-state index contributed by atoms with van der Waals surface area (Å²) in [6.07, 6.45) is 2.08. The number of nitrogens with zero attached hydrogens (tertiary/aromatic N) is 2. The predicted octanol–water partition coefficient (Wildman–Crippen LogP) is 0.514. The number of hydrogen-bond donors (Lipinski definition) is 3. The van der Waals surface area contributed by atoms with Gasteiger partial charge in [-0.25, -0.2) is 0 Å². The monoisotopic (exact) mass is 360 g/mol. The Morgan fingerprint density at radius 2 is 2.04 bits per heavy atom. The minimum absolute atomic E-state index is 0.00348. The van der Waals surface area contributed by atoms with Crippen molar-refractivity contribution >= 4 is 17.5 Å². The standard InChI is InChI=1S/C19H28N4O3/c1-22-9-3-4-15(12-22)23(2)19(26)13-5-7-14(8-6-13)21-18(25)17-10-16(24)11-20-17/h5-8,15-17,20,24H,3-4,9-12H2,1-2H3,(H,21,25). The Balaban J connectivity index is 1.58. The number of piperidine rings is 1. The number of aliphatic hydroxyl groups is 1. The van der Waals surface area contributed by atoms with Crippen molar-refractivity contribution in [1.29, 1.82) is 0 Å². The molecule has 3 atom stereocenters. The van der Waals surface area contributed by atoms with Crippen molar-refractivity contribution in [3.8, 4) is 0 Å². The average molecular weight is 360 g/mol. The van der Waals surface area contributed by atoms with Crippen LogP contribution in [0.3, 0.4) is 0 Å². The maximum absolute atomic E-state index is 12.7. The van der Waals surface area contributed by atoms with E-state index in [9.17, 15) is 14.7 Å².